The number of benzene rings is 1. The molecule has 1 amide bonds. The predicted octanol–water partition coefficient (Wildman–Crippen LogP) is 2.54. The molecular formula is C14H16FN5O2S. The van der Waals surface area contributed by atoms with E-state index in [1.165, 1.54) is 24.1 Å². The molecule has 2 N–H and O–H groups in total. The number of thiocarbonyl (C=S) groups is 1. The van der Waals surface area contributed by atoms with Crippen molar-refractivity contribution < 1.29 is 13.9 Å². The van der Waals surface area contributed by atoms with Crippen LogP contribution in [0.4, 0.5) is 20.6 Å². The highest BCUT2D eigenvalue weighted by molar-refractivity contribution is 7.78. The summed E-state index contributed by atoms with van der Waals surface area (Å²) in [6.45, 7) is 0.714. The van der Waals surface area contributed by atoms with Crippen LogP contribution in [0.2, 0.25) is 0 Å². The highest BCUT2D eigenvalue weighted by atomic mass is 32.1. The number of isothiocyanates is 1. The lowest BCUT2D eigenvalue weighted by molar-refractivity contribution is 0.178. The first-order chi connectivity index (χ1) is 11.1. The first-order valence-corrected chi connectivity index (χ1v) is 6.99. The van der Waals surface area contributed by atoms with Crippen molar-refractivity contribution in [3.05, 3.63) is 24.0 Å². The zero-order valence-corrected chi connectivity index (χ0v) is 13.3. The second-order valence-electron chi connectivity index (χ2n) is 4.13. The number of hydrogen-bond acceptors (Lipinski definition) is 5. The van der Waals surface area contributed by atoms with Crippen LogP contribution in [0.25, 0.3) is 0 Å². The third-order valence-corrected chi connectivity index (χ3v) is 2.83. The Morgan fingerprint density at radius 3 is 2.96 bits per heavy atom. The molecule has 0 aliphatic carbocycles. The minimum Gasteiger partial charge on any atom is -0.452 e. The molecule has 0 saturated heterocycles. The SMILES string of the molecule is COC(=O)N(CCCN=C=S)c1ccc(N=CN=CN)c(F)c1. The molecule has 0 aliphatic rings. The summed E-state index contributed by atoms with van der Waals surface area (Å²) in [4.78, 5) is 24.2. The summed E-state index contributed by atoms with van der Waals surface area (Å²) in [5.41, 5.74) is 5.49. The van der Waals surface area contributed by atoms with E-state index in [4.69, 9.17) is 10.5 Å². The number of nitrogens with two attached hydrogens (primary N) is 1. The van der Waals surface area contributed by atoms with Gasteiger partial charge in [0.1, 0.15) is 12.0 Å². The Balaban J connectivity index is 2.95. The molecular weight excluding hydrogens is 321 g/mol. The second-order valence-corrected chi connectivity index (χ2v) is 4.31. The molecule has 0 radical (unpaired) electrons. The van der Waals surface area contributed by atoms with Crippen molar-refractivity contribution in [1.82, 2.24) is 0 Å². The van der Waals surface area contributed by atoms with Crippen LogP contribution in [-0.2, 0) is 4.74 Å². The van der Waals surface area contributed by atoms with E-state index in [1.54, 1.807) is 6.07 Å². The van der Waals surface area contributed by atoms with Gasteiger partial charge in [-0.05, 0) is 36.8 Å². The van der Waals surface area contributed by atoms with Crippen LogP contribution in [0.1, 0.15) is 6.42 Å². The molecule has 9 heteroatoms. The summed E-state index contributed by atoms with van der Waals surface area (Å²) in [7, 11) is 1.25. The first kappa shape index (κ1) is 18.4. The van der Waals surface area contributed by atoms with Crippen LogP contribution in [0.15, 0.2) is 33.2 Å². The number of carbonyl (C=O) groups excluding carboxylic acids is 1. The summed E-state index contributed by atoms with van der Waals surface area (Å²) in [5, 5.41) is 2.24. The Hall–Kier alpha value is -2.64. The van der Waals surface area contributed by atoms with Crippen molar-refractivity contribution in [3.8, 4) is 0 Å². The van der Waals surface area contributed by atoms with E-state index in [2.05, 4.69) is 32.4 Å². The van der Waals surface area contributed by atoms with E-state index in [0.717, 1.165) is 12.7 Å². The number of nitrogens with zero attached hydrogens (tertiary/aromatic N) is 4. The van der Waals surface area contributed by atoms with Crippen LogP contribution in [0.3, 0.4) is 0 Å². The number of rotatable bonds is 7. The van der Waals surface area contributed by atoms with E-state index < -0.39 is 11.9 Å². The van der Waals surface area contributed by atoms with Gasteiger partial charge in [-0.15, -0.1) is 0 Å². The van der Waals surface area contributed by atoms with Crippen LogP contribution < -0.4 is 10.6 Å². The summed E-state index contributed by atoms with van der Waals surface area (Å²) in [5.74, 6) is -0.600. The minimum atomic E-state index is -0.600. The average molecular weight is 337 g/mol. The van der Waals surface area contributed by atoms with Crippen molar-refractivity contribution in [2.45, 2.75) is 6.42 Å². The maximum absolute atomic E-state index is 14.0. The summed E-state index contributed by atoms with van der Waals surface area (Å²) < 4.78 is 18.7. The molecule has 0 aromatic heterocycles. The van der Waals surface area contributed by atoms with Crippen molar-refractivity contribution >= 4 is 47.5 Å². The Morgan fingerprint density at radius 2 is 2.35 bits per heavy atom. The second kappa shape index (κ2) is 10.1. The zero-order chi connectivity index (χ0) is 17.1. The molecule has 0 aliphatic heterocycles. The van der Waals surface area contributed by atoms with Gasteiger partial charge in [0.05, 0.1) is 30.8 Å². The fourth-order valence-electron chi connectivity index (χ4n) is 1.69. The standard InChI is InChI=1S/C14H16FN5O2S/c1-22-14(21)20(6-2-5-17-10-23)11-3-4-13(12(15)7-11)19-9-18-8-16/h3-4,7-9H,2,5-6H2,1H3,(H2,16,18,19). The minimum absolute atomic E-state index is 0.0782. The van der Waals surface area contributed by atoms with Gasteiger partial charge >= 0.3 is 6.09 Å². The molecule has 23 heavy (non-hydrogen) atoms. The van der Waals surface area contributed by atoms with E-state index in [9.17, 15) is 9.18 Å². The molecule has 7 nitrogen and oxygen atoms in total. The van der Waals surface area contributed by atoms with E-state index in [0.29, 0.717) is 25.2 Å². The monoisotopic (exact) mass is 337 g/mol. The molecule has 0 fully saturated rings. The molecule has 1 rings (SSSR count). The fourth-order valence-corrected chi connectivity index (χ4v) is 1.78. The van der Waals surface area contributed by atoms with Crippen LogP contribution >= 0.6 is 12.2 Å². The number of ether oxygens (including phenoxy) is 1. The Morgan fingerprint density at radius 1 is 1.57 bits per heavy atom. The third-order valence-electron chi connectivity index (χ3n) is 2.70. The normalized spacial score (nSPS) is 10.7. The Kier molecular flexibility index (Phi) is 8.12. The highest BCUT2D eigenvalue weighted by Crippen LogP contribution is 2.24. The number of hydrogen-bond donors (Lipinski definition) is 1. The molecule has 1 aromatic rings. The van der Waals surface area contributed by atoms with E-state index in [1.807, 2.05) is 0 Å². The van der Waals surface area contributed by atoms with Crippen LogP contribution in [0, 0.1) is 5.82 Å². The van der Waals surface area contributed by atoms with Gasteiger partial charge in [0.15, 0.2) is 5.82 Å². The number of carbonyl (C=O) groups is 1. The van der Waals surface area contributed by atoms with E-state index >= 15 is 0 Å². The molecule has 0 spiro atoms. The zero-order valence-electron chi connectivity index (χ0n) is 12.5. The fraction of sp³-hybridized carbons (Fsp3) is 0.286. The maximum atomic E-state index is 14.0. The Labute approximate surface area is 138 Å². The van der Waals surface area contributed by atoms with Crippen molar-refractivity contribution in [2.24, 2.45) is 20.7 Å². The average Bonchev–Trinajstić information content (AvgIpc) is 2.56. The number of amides is 1. The van der Waals surface area contributed by atoms with Crippen molar-refractivity contribution in [2.75, 3.05) is 25.1 Å². The summed E-state index contributed by atoms with van der Waals surface area (Å²) >= 11 is 4.47. The Bertz CT molecular complexity index is 644. The number of methoxy groups -OCH3 is 1. The van der Waals surface area contributed by atoms with Gasteiger partial charge in [-0.1, -0.05) is 0 Å². The maximum Gasteiger partial charge on any atom is 0.413 e. The molecule has 0 saturated carbocycles. The lowest BCUT2D eigenvalue weighted by Crippen LogP contribution is -2.32. The van der Waals surface area contributed by atoms with Gasteiger partial charge in [-0.2, -0.15) is 0 Å². The van der Waals surface area contributed by atoms with Gasteiger partial charge in [0, 0.05) is 6.54 Å². The van der Waals surface area contributed by atoms with Gasteiger partial charge in [-0.3, -0.25) is 4.90 Å². The lowest BCUT2D eigenvalue weighted by atomic mass is 10.2. The summed E-state index contributed by atoms with van der Waals surface area (Å²) in [6.07, 6.45) is 2.10. The molecule has 0 unspecified atom stereocenters. The molecule has 122 valence electrons. The van der Waals surface area contributed by atoms with Crippen molar-refractivity contribution in [3.63, 3.8) is 0 Å². The number of anilines is 1. The van der Waals surface area contributed by atoms with Crippen LogP contribution in [0.5, 0.6) is 0 Å². The van der Waals surface area contributed by atoms with Gasteiger partial charge in [-0.25, -0.2) is 24.2 Å². The van der Waals surface area contributed by atoms with E-state index in [-0.39, 0.29) is 5.69 Å². The molecule has 0 atom stereocenters. The first-order valence-electron chi connectivity index (χ1n) is 6.58. The van der Waals surface area contributed by atoms with Crippen molar-refractivity contribution in [1.29, 1.82) is 0 Å². The molecule has 0 bridgehead atoms. The third kappa shape index (κ3) is 5.93. The quantitative estimate of drug-likeness (QED) is 0.358. The van der Waals surface area contributed by atoms with Crippen LogP contribution in [-0.4, -0.2) is 44.1 Å². The predicted molar refractivity (Wildman–Crippen MR) is 91.5 cm³/mol. The van der Waals surface area contributed by atoms with Gasteiger partial charge in [0.2, 0.25) is 0 Å². The summed E-state index contributed by atoms with van der Waals surface area (Å²) in [6, 6.07) is 4.18. The number of aliphatic imine (C=N–C) groups is 3. The highest BCUT2D eigenvalue weighted by Gasteiger charge is 2.17. The smallest absolute Gasteiger partial charge is 0.413 e. The largest absolute Gasteiger partial charge is 0.452 e. The van der Waals surface area contributed by atoms with Gasteiger partial charge in [0.25, 0.3) is 0 Å². The lowest BCUT2D eigenvalue weighted by Gasteiger charge is -2.21. The number of halogens is 1. The molecule has 0 heterocycles. The molecule has 1 aromatic carbocycles. The van der Waals surface area contributed by atoms with Gasteiger partial charge < -0.3 is 10.5 Å². The topological polar surface area (TPSA) is 92.6 Å².